The third-order valence-corrected chi connectivity index (χ3v) is 2.89. The Hall–Kier alpha value is 0.554. The Morgan fingerprint density at radius 3 is 1.41 bits per heavy atom. The Bertz CT molecular complexity index is 218. The molecule has 132 valence electrons. The minimum absolute atomic E-state index is 0. The molecule has 0 spiro atoms. The molecule has 0 radical (unpaired) electrons. The van der Waals surface area contributed by atoms with Crippen LogP contribution in [0.5, 0.6) is 0 Å². The van der Waals surface area contributed by atoms with Crippen molar-refractivity contribution in [3.8, 4) is 0 Å². The van der Waals surface area contributed by atoms with E-state index < -0.39 is 5.97 Å². The molecule has 0 fully saturated rings. The third kappa shape index (κ3) is 13.0. The van der Waals surface area contributed by atoms with Gasteiger partial charge in [0.2, 0.25) is 0 Å². The SMILES string of the molecule is CC(C)OC(CCCCCCCO)(OC(C)C)OC(C)C.[Ti]. The fraction of sp³-hybridized carbons (Fsp3) is 1.00. The van der Waals surface area contributed by atoms with Crippen LogP contribution in [0, 0.1) is 0 Å². The number of aliphatic hydroxyl groups excluding tert-OH is 1. The molecule has 0 amide bonds. The average Bonchev–Trinajstić information content (AvgIpc) is 2.30. The molecule has 0 bridgehead atoms. The summed E-state index contributed by atoms with van der Waals surface area (Å²) in [6, 6.07) is 0. The molecule has 0 aliphatic carbocycles. The van der Waals surface area contributed by atoms with Gasteiger partial charge in [-0.1, -0.05) is 19.3 Å². The van der Waals surface area contributed by atoms with Crippen LogP contribution >= 0.6 is 0 Å². The van der Waals surface area contributed by atoms with Crippen LogP contribution in [0.15, 0.2) is 0 Å². The van der Waals surface area contributed by atoms with Crippen molar-refractivity contribution >= 4 is 0 Å². The number of ether oxygens (including phenoxy) is 3. The first kappa shape index (κ1) is 24.8. The van der Waals surface area contributed by atoms with Crippen LogP contribution in [-0.2, 0) is 35.9 Å². The standard InChI is InChI=1S/C17H36O4.Ti/c1-14(2)19-17(20-15(3)4,21-16(5)6)12-10-8-7-9-11-13-18;/h14-16,18H,7-13H2,1-6H3;. The van der Waals surface area contributed by atoms with Crippen LogP contribution in [-0.4, -0.2) is 36.0 Å². The molecule has 0 aromatic heterocycles. The normalized spacial score (nSPS) is 12.3. The maximum Gasteiger partial charge on any atom is 0.283 e. The van der Waals surface area contributed by atoms with Crippen molar-refractivity contribution in [1.29, 1.82) is 0 Å². The fourth-order valence-corrected chi connectivity index (χ4v) is 2.32. The van der Waals surface area contributed by atoms with E-state index in [0.29, 0.717) is 0 Å². The summed E-state index contributed by atoms with van der Waals surface area (Å²) in [4.78, 5) is 0. The minimum atomic E-state index is -0.937. The van der Waals surface area contributed by atoms with Gasteiger partial charge in [0.1, 0.15) is 0 Å². The van der Waals surface area contributed by atoms with Gasteiger partial charge in [0.05, 0.1) is 18.3 Å². The molecule has 5 heteroatoms. The van der Waals surface area contributed by atoms with Gasteiger partial charge >= 0.3 is 0 Å². The number of aliphatic hydroxyl groups is 1. The van der Waals surface area contributed by atoms with Crippen molar-refractivity contribution in [1.82, 2.24) is 0 Å². The van der Waals surface area contributed by atoms with E-state index in [1.807, 2.05) is 41.5 Å². The van der Waals surface area contributed by atoms with E-state index in [1.165, 1.54) is 0 Å². The van der Waals surface area contributed by atoms with Crippen molar-refractivity contribution in [3.05, 3.63) is 0 Å². The molecular formula is C17H36O4Ti. The Morgan fingerprint density at radius 2 is 1.05 bits per heavy atom. The van der Waals surface area contributed by atoms with Crippen LogP contribution in [0.3, 0.4) is 0 Å². The van der Waals surface area contributed by atoms with E-state index in [0.717, 1.165) is 38.5 Å². The second kappa shape index (κ2) is 13.9. The molecule has 1 N–H and O–H groups in total. The summed E-state index contributed by atoms with van der Waals surface area (Å²) >= 11 is 0. The number of rotatable bonds is 13. The monoisotopic (exact) mass is 352 g/mol. The molecule has 0 aromatic carbocycles. The van der Waals surface area contributed by atoms with E-state index in [2.05, 4.69) is 0 Å². The maximum atomic E-state index is 8.79. The van der Waals surface area contributed by atoms with Gasteiger partial charge in [-0.2, -0.15) is 0 Å². The van der Waals surface area contributed by atoms with Crippen molar-refractivity contribution in [2.24, 2.45) is 0 Å². The molecule has 0 aromatic rings. The first-order chi connectivity index (χ1) is 9.81. The van der Waals surface area contributed by atoms with Crippen molar-refractivity contribution in [2.45, 2.75) is 104 Å². The molecule has 0 heterocycles. The van der Waals surface area contributed by atoms with Crippen LogP contribution < -0.4 is 0 Å². The summed E-state index contributed by atoms with van der Waals surface area (Å²) in [5.41, 5.74) is 0. The van der Waals surface area contributed by atoms with E-state index in [1.54, 1.807) is 0 Å². The zero-order valence-electron chi connectivity index (χ0n) is 15.4. The van der Waals surface area contributed by atoms with Crippen LogP contribution in [0.4, 0.5) is 0 Å². The molecular weight excluding hydrogens is 316 g/mol. The molecule has 0 rings (SSSR count). The molecule has 0 aliphatic rings. The number of hydrogen-bond donors (Lipinski definition) is 1. The zero-order valence-corrected chi connectivity index (χ0v) is 16.9. The summed E-state index contributed by atoms with van der Waals surface area (Å²) in [6.45, 7) is 12.3. The van der Waals surface area contributed by atoms with Crippen LogP contribution in [0.2, 0.25) is 0 Å². The first-order valence-electron chi connectivity index (χ1n) is 8.45. The summed E-state index contributed by atoms with van der Waals surface area (Å²) in [7, 11) is 0. The fourth-order valence-electron chi connectivity index (χ4n) is 2.32. The van der Waals surface area contributed by atoms with E-state index >= 15 is 0 Å². The van der Waals surface area contributed by atoms with E-state index in [-0.39, 0.29) is 46.6 Å². The molecule has 22 heavy (non-hydrogen) atoms. The Labute approximate surface area is 152 Å². The largest absolute Gasteiger partial charge is 0.396 e. The molecule has 0 unspecified atom stereocenters. The summed E-state index contributed by atoms with van der Waals surface area (Å²) in [5, 5.41) is 8.79. The minimum Gasteiger partial charge on any atom is -0.396 e. The predicted octanol–water partition coefficient (Wildman–Crippen LogP) is 4.25. The van der Waals surface area contributed by atoms with Crippen LogP contribution in [0.25, 0.3) is 0 Å². The zero-order chi connectivity index (χ0) is 16.3. The molecule has 0 atom stereocenters. The number of hydrogen-bond acceptors (Lipinski definition) is 4. The van der Waals surface area contributed by atoms with Gasteiger partial charge in [-0.05, 0) is 54.4 Å². The molecule has 0 saturated heterocycles. The van der Waals surface area contributed by atoms with Gasteiger partial charge in [-0.15, -0.1) is 0 Å². The summed E-state index contributed by atoms with van der Waals surface area (Å²) in [5.74, 6) is -0.937. The van der Waals surface area contributed by atoms with E-state index in [9.17, 15) is 0 Å². The van der Waals surface area contributed by atoms with Gasteiger partial charge in [0, 0.05) is 34.7 Å². The van der Waals surface area contributed by atoms with Gasteiger partial charge in [-0.3, -0.25) is 0 Å². The Kier molecular flexibility index (Phi) is 15.7. The van der Waals surface area contributed by atoms with Gasteiger partial charge in [-0.25, -0.2) is 0 Å². The average molecular weight is 352 g/mol. The van der Waals surface area contributed by atoms with Crippen LogP contribution in [0.1, 0.15) is 80.1 Å². The number of unbranched alkanes of at least 4 members (excludes halogenated alkanes) is 4. The van der Waals surface area contributed by atoms with Gasteiger partial charge in [0.15, 0.2) is 0 Å². The molecule has 0 saturated carbocycles. The smallest absolute Gasteiger partial charge is 0.283 e. The molecule has 0 aliphatic heterocycles. The van der Waals surface area contributed by atoms with Crippen molar-refractivity contribution in [2.75, 3.05) is 6.61 Å². The van der Waals surface area contributed by atoms with Gasteiger partial charge in [0.25, 0.3) is 5.97 Å². The second-order valence-corrected chi connectivity index (χ2v) is 6.42. The first-order valence-corrected chi connectivity index (χ1v) is 8.45. The second-order valence-electron chi connectivity index (χ2n) is 6.42. The predicted molar refractivity (Wildman–Crippen MR) is 86.2 cm³/mol. The Balaban J connectivity index is 0. The van der Waals surface area contributed by atoms with E-state index in [4.69, 9.17) is 19.3 Å². The van der Waals surface area contributed by atoms with Crippen molar-refractivity contribution < 1.29 is 41.0 Å². The molecule has 4 nitrogen and oxygen atoms in total. The summed E-state index contributed by atoms with van der Waals surface area (Å²) in [6.07, 6.45) is 6.08. The quantitative estimate of drug-likeness (QED) is 0.306. The van der Waals surface area contributed by atoms with Gasteiger partial charge < -0.3 is 19.3 Å². The maximum absolute atomic E-state index is 8.79. The third-order valence-electron chi connectivity index (χ3n) is 2.89. The van der Waals surface area contributed by atoms with Crippen molar-refractivity contribution in [3.63, 3.8) is 0 Å². The summed E-state index contributed by atoms with van der Waals surface area (Å²) < 4.78 is 18.0. The Morgan fingerprint density at radius 1 is 0.682 bits per heavy atom. The topological polar surface area (TPSA) is 47.9 Å².